The Kier molecular flexibility index (Phi) is 7.73. The van der Waals surface area contributed by atoms with Crippen molar-refractivity contribution >= 4 is 28.0 Å². The second kappa shape index (κ2) is 8.77. The Morgan fingerprint density at radius 2 is 1.10 bits per heavy atom. The molecule has 0 fully saturated rings. The maximum absolute atomic E-state index is 5.76. The average molecular weight is 311 g/mol. The van der Waals surface area contributed by atoms with Crippen molar-refractivity contribution in [2.24, 2.45) is 0 Å². The van der Waals surface area contributed by atoms with Gasteiger partial charge in [0.15, 0.2) is 0 Å². The molecule has 0 saturated heterocycles. The summed E-state index contributed by atoms with van der Waals surface area (Å²) < 4.78 is 11.5. The van der Waals surface area contributed by atoms with Crippen molar-refractivity contribution in [3.63, 3.8) is 0 Å². The SMILES string of the molecule is CCOC(C)[SiH](C)c1ccc([SiH](C)C(C)OCC)cc1. The Bertz CT molecular complexity index is 344. The van der Waals surface area contributed by atoms with Crippen LogP contribution in [0.5, 0.6) is 0 Å². The van der Waals surface area contributed by atoms with Crippen molar-refractivity contribution in [1.82, 2.24) is 0 Å². The van der Waals surface area contributed by atoms with Gasteiger partial charge < -0.3 is 9.47 Å². The molecule has 0 aliphatic heterocycles. The van der Waals surface area contributed by atoms with Crippen LogP contribution in [0.1, 0.15) is 27.7 Å². The summed E-state index contributed by atoms with van der Waals surface area (Å²) in [6, 6.07) is 9.29. The molecule has 0 amide bonds. The standard InChI is InChI=1S/C16H30O2Si2/c1-7-17-13(3)19(5)15-9-11-16(12-10-15)20(6)14(4)18-8-2/h9-14,19-20H,7-8H2,1-6H3. The smallest absolute Gasteiger partial charge is 0.101 e. The quantitative estimate of drug-likeness (QED) is 0.681. The summed E-state index contributed by atoms with van der Waals surface area (Å²) in [4.78, 5) is 0. The van der Waals surface area contributed by atoms with E-state index in [1.54, 1.807) is 0 Å². The van der Waals surface area contributed by atoms with Crippen molar-refractivity contribution in [3.05, 3.63) is 24.3 Å². The third-order valence-electron chi connectivity index (χ3n) is 4.26. The molecule has 4 atom stereocenters. The fourth-order valence-electron chi connectivity index (χ4n) is 2.46. The molecule has 0 N–H and O–H groups in total. The molecule has 0 bridgehead atoms. The second-order valence-corrected chi connectivity index (χ2v) is 11.9. The second-order valence-electron chi connectivity index (χ2n) is 5.56. The molecular weight excluding hydrogens is 280 g/mol. The minimum atomic E-state index is -1.00. The first kappa shape index (κ1) is 17.6. The average Bonchev–Trinajstić information content (AvgIpc) is 2.46. The van der Waals surface area contributed by atoms with Gasteiger partial charge in [0.25, 0.3) is 0 Å². The molecule has 4 heteroatoms. The van der Waals surface area contributed by atoms with Crippen molar-refractivity contribution in [3.8, 4) is 0 Å². The zero-order chi connectivity index (χ0) is 15.1. The van der Waals surface area contributed by atoms with Crippen LogP contribution in [0.25, 0.3) is 0 Å². The van der Waals surface area contributed by atoms with Crippen molar-refractivity contribution < 1.29 is 9.47 Å². The van der Waals surface area contributed by atoms with Gasteiger partial charge in [-0.1, -0.05) is 47.7 Å². The fourth-order valence-corrected chi connectivity index (χ4v) is 6.11. The van der Waals surface area contributed by atoms with E-state index in [0.717, 1.165) is 13.2 Å². The summed E-state index contributed by atoms with van der Waals surface area (Å²) in [5, 5.41) is 3.00. The molecule has 0 aliphatic rings. The van der Waals surface area contributed by atoms with Crippen LogP contribution >= 0.6 is 0 Å². The normalized spacial score (nSPS) is 17.5. The minimum Gasteiger partial charge on any atom is -0.382 e. The van der Waals surface area contributed by atoms with E-state index in [4.69, 9.17) is 9.47 Å². The Labute approximate surface area is 127 Å². The van der Waals surface area contributed by atoms with E-state index < -0.39 is 17.6 Å². The maximum Gasteiger partial charge on any atom is 0.101 e. The van der Waals surface area contributed by atoms with Gasteiger partial charge in [-0.25, -0.2) is 0 Å². The summed E-state index contributed by atoms with van der Waals surface area (Å²) in [5.74, 6) is 0. The molecule has 0 saturated carbocycles. The Hall–Kier alpha value is -0.426. The molecule has 1 aromatic rings. The summed E-state index contributed by atoms with van der Waals surface area (Å²) >= 11 is 0. The summed E-state index contributed by atoms with van der Waals surface area (Å²) in [5.41, 5.74) is 0.811. The van der Waals surface area contributed by atoms with Gasteiger partial charge in [-0.3, -0.25) is 0 Å². The van der Waals surface area contributed by atoms with E-state index in [1.807, 2.05) is 0 Å². The lowest BCUT2D eigenvalue weighted by molar-refractivity contribution is 0.127. The third-order valence-corrected chi connectivity index (χ3v) is 10.3. The summed E-state index contributed by atoms with van der Waals surface area (Å²) in [6.07, 6.45) is 0. The lowest BCUT2D eigenvalue weighted by atomic mass is 10.4. The maximum atomic E-state index is 5.76. The number of hydrogen-bond acceptors (Lipinski definition) is 2. The zero-order valence-corrected chi connectivity index (χ0v) is 16.2. The Morgan fingerprint density at radius 1 is 0.800 bits per heavy atom. The first-order valence-electron chi connectivity index (χ1n) is 7.84. The Balaban J connectivity index is 2.73. The van der Waals surface area contributed by atoms with E-state index in [-0.39, 0.29) is 0 Å². The van der Waals surface area contributed by atoms with Crippen LogP contribution in [0.2, 0.25) is 13.1 Å². The molecule has 0 aliphatic carbocycles. The molecule has 0 heterocycles. The fraction of sp³-hybridized carbons (Fsp3) is 0.625. The number of benzene rings is 1. The van der Waals surface area contributed by atoms with E-state index in [2.05, 4.69) is 65.1 Å². The van der Waals surface area contributed by atoms with Crippen LogP contribution in [-0.4, -0.2) is 42.3 Å². The highest BCUT2D eigenvalue weighted by Gasteiger charge is 2.19. The van der Waals surface area contributed by atoms with E-state index in [1.165, 1.54) is 10.4 Å². The summed E-state index contributed by atoms with van der Waals surface area (Å²) in [7, 11) is -2.00. The molecule has 2 nitrogen and oxygen atoms in total. The van der Waals surface area contributed by atoms with Crippen LogP contribution < -0.4 is 10.4 Å². The largest absolute Gasteiger partial charge is 0.382 e. The van der Waals surface area contributed by atoms with Gasteiger partial charge >= 0.3 is 0 Å². The lowest BCUT2D eigenvalue weighted by Gasteiger charge is -2.21. The molecule has 0 spiro atoms. The molecule has 20 heavy (non-hydrogen) atoms. The minimum absolute atomic E-state index is 0.405. The van der Waals surface area contributed by atoms with Gasteiger partial charge in [-0.05, 0) is 27.7 Å². The molecular formula is C16H30O2Si2. The van der Waals surface area contributed by atoms with Gasteiger partial charge in [0.05, 0.1) is 0 Å². The summed E-state index contributed by atoms with van der Waals surface area (Å²) in [6.45, 7) is 14.9. The predicted molar refractivity (Wildman–Crippen MR) is 93.9 cm³/mol. The first-order valence-corrected chi connectivity index (χ1v) is 12.6. The van der Waals surface area contributed by atoms with Gasteiger partial charge in [0, 0.05) is 24.7 Å². The van der Waals surface area contributed by atoms with Gasteiger partial charge in [0.1, 0.15) is 17.6 Å². The molecule has 4 unspecified atom stereocenters. The van der Waals surface area contributed by atoms with Crippen molar-refractivity contribution in [2.75, 3.05) is 13.2 Å². The highest BCUT2D eigenvalue weighted by atomic mass is 28.3. The number of hydrogen-bond donors (Lipinski definition) is 0. The van der Waals surface area contributed by atoms with Crippen molar-refractivity contribution in [1.29, 1.82) is 0 Å². The van der Waals surface area contributed by atoms with Crippen LogP contribution in [0.4, 0.5) is 0 Å². The van der Waals surface area contributed by atoms with Crippen LogP contribution in [0, 0.1) is 0 Å². The van der Waals surface area contributed by atoms with Gasteiger partial charge in [0.2, 0.25) is 0 Å². The Morgan fingerprint density at radius 3 is 1.35 bits per heavy atom. The van der Waals surface area contributed by atoms with Crippen LogP contribution in [0.15, 0.2) is 24.3 Å². The molecule has 0 radical (unpaired) electrons. The molecule has 114 valence electrons. The van der Waals surface area contributed by atoms with Gasteiger partial charge in [-0.15, -0.1) is 0 Å². The van der Waals surface area contributed by atoms with Gasteiger partial charge in [-0.2, -0.15) is 0 Å². The zero-order valence-electron chi connectivity index (χ0n) is 13.8. The highest BCUT2D eigenvalue weighted by molar-refractivity contribution is 6.74. The topological polar surface area (TPSA) is 18.5 Å². The van der Waals surface area contributed by atoms with Crippen LogP contribution in [0.3, 0.4) is 0 Å². The first-order chi connectivity index (χ1) is 9.51. The monoisotopic (exact) mass is 310 g/mol. The van der Waals surface area contributed by atoms with E-state index in [0.29, 0.717) is 11.5 Å². The lowest BCUT2D eigenvalue weighted by Crippen LogP contribution is -2.43. The predicted octanol–water partition coefficient (Wildman–Crippen LogP) is 1.74. The van der Waals surface area contributed by atoms with E-state index in [9.17, 15) is 0 Å². The van der Waals surface area contributed by atoms with E-state index >= 15 is 0 Å². The van der Waals surface area contributed by atoms with Crippen molar-refractivity contribution in [2.45, 2.75) is 52.2 Å². The van der Waals surface area contributed by atoms with Crippen LogP contribution in [-0.2, 0) is 9.47 Å². The third kappa shape index (κ3) is 4.84. The molecule has 1 aromatic carbocycles. The number of ether oxygens (including phenoxy) is 2. The number of rotatable bonds is 8. The molecule has 0 aromatic heterocycles. The highest BCUT2D eigenvalue weighted by Crippen LogP contribution is 2.01. The molecule has 1 rings (SSSR count).